The molecule has 0 radical (unpaired) electrons. The number of ether oxygens (including phenoxy) is 2. The van der Waals surface area contributed by atoms with Crippen LogP contribution in [0.1, 0.15) is 80.7 Å². The van der Waals surface area contributed by atoms with Crippen molar-refractivity contribution in [3.8, 4) is 0 Å². The number of alkyl carbamates (subject to hydrolysis) is 1. The molecule has 0 fully saturated rings. The van der Waals surface area contributed by atoms with Gasteiger partial charge in [0.05, 0.1) is 0 Å². The molecule has 15 heteroatoms. The van der Waals surface area contributed by atoms with E-state index in [-0.39, 0.29) is 19.4 Å². The van der Waals surface area contributed by atoms with Gasteiger partial charge in [-0.15, -0.1) is 0 Å². The minimum Gasteiger partial charge on any atom is -0.460 e. The SMILES string of the molecule is CC(C)[C@H](NC(=O)C(C)(C)NC(=O)[C@H](CCC(N)=O)NC(=O)OC(C)(C)C)C(=O)NC(C)(C)C(=O)NCC(=O)OCc1ccccc1. The summed E-state index contributed by atoms with van der Waals surface area (Å²) < 4.78 is 10.4. The van der Waals surface area contributed by atoms with Gasteiger partial charge >= 0.3 is 12.1 Å². The molecule has 262 valence electrons. The first-order chi connectivity index (χ1) is 21.5. The molecule has 1 rings (SSSR count). The number of nitrogens with two attached hydrogens (primary N) is 1. The number of nitrogens with one attached hydrogen (secondary N) is 5. The molecule has 0 heterocycles. The van der Waals surface area contributed by atoms with Crippen molar-refractivity contribution in [1.29, 1.82) is 0 Å². The lowest BCUT2D eigenvalue weighted by molar-refractivity contribution is -0.145. The number of carbonyl (C=O) groups excluding carboxylic acids is 7. The molecule has 15 nitrogen and oxygen atoms in total. The number of hydrogen-bond donors (Lipinski definition) is 6. The Hall–Kier alpha value is -4.69. The van der Waals surface area contributed by atoms with Gasteiger partial charge in [0.25, 0.3) is 0 Å². The third-order valence-electron chi connectivity index (χ3n) is 6.57. The predicted molar refractivity (Wildman–Crippen MR) is 172 cm³/mol. The fourth-order valence-corrected chi connectivity index (χ4v) is 3.92. The van der Waals surface area contributed by atoms with E-state index in [0.29, 0.717) is 0 Å². The van der Waals surface area contributed by atoms with Gasteiger partial charge in [0.2, 0.25) is 29.5 Å². The van der Waals surface area contributed by atoms with E-state index < -0.39 is 82.8 Å². The van der Waals surface area contributed by atoms with Crippen LogP contribution in [0.4, 0.5) is 4.79 Å². The Morgan fingerprint density at radius 1 is 0.787 bits per heavy atom. The fraction of sp³-hybridized carbons (Fsp3) is 0.594. The quantitative estimate of drug-likeness (QED) is 0.138. The average Bonchev–Trinajstić information content (AvgIpc) is 2.94. The molecule has 0 aliphatic carbocycles. The smallest absolute Gasteiger partial charge is 0.408 e. The van der Waals surface area contributed by atoms with E-state index in [1.165, 1.54) is 27.7 Å². The van der Waals surface area contributed by atoms with Crippen molar-refractivity contribution in [3.05, 3.63) is 35.9 Å². The summed E-state index contributed by atoms with van der Waals surface area (Å²) in [5.74, 6) is -4.70. The van der Waals surface area contributed by atoms with Crippen molar-refractivity contribution in [3.63, 3.8) is 0 Å². The highest BCUT2D eigenvalue weighted by Crippen LogP contribution is 2.12. The van der Waals surface area contributed by atoms with Crippen LogP contribution >= 0.6 is 0 Å². The van der Waals surface area contributed by atoms with Gasteiger partial charge in [0.1, 0.15) is 41.9 Å². The molecule has 2 atom stereocenters. The van der Waals surface area contributed by atoms with Crippen molar-refractivity contribution < 1.29 is 43.0 Å². The average molecular weight is 663 g/mol. The van der Waals surface area contributed by atoms with Crippen LogP contribution in [0.15, 0.2) is 30.3 Å². The van der Waals surface area contributed by atoms with Gasteiger partial charge in [-0.3, -0.25) is 28.8 Å². The van der Waals surface area contributed by atoms with E-state index in [9.17, 15) is 33.6 Å². The lowest BCUT2D eigenvalue weighted by Crippen LogP contribution is -2.64. The van der Waals surface area contributed by atoms with Gasteiger partial charge in [-0.1, -0.05) is 44.2 Å². The first-order valence-electron chi connectivity index (χ1n) is 15.2. The van der Waals surface area contributed by atoms with E-state index in [4.69, 9.17) is 15.2 Å². The van der Waals surface area contributed by atoms with Crippen molar-refractivity contribution in [2.75, 3.05) is 6.54 Å². The van der Waals surface area contributed by atoms with Gasteiger partial charge in [-0.25, -0.2) is 4.79 Å². The molecular weight excluding hydrogens is 612 g/mol. The van der Waals surface area contributed by atoms with E-state index in [1.807, 2.05) is 6.07 Å². The number of primary amides is 1. The van der Waals surface area contributed by atoms with Crippen LogP contribution < -0.4 is 32.3 Å². The second-order valence-electron chi connectivity index (χ2n) is 13.5. The molecule has 47 heavy (non-hydrogen) atoms. The zero-order valence-electron chi connectivity index (χ0n) is 28.7. The summed E-state index contributed by atoms with van der Waals surface area (Å²) in [5, 5.41) is 12.6. The Morgan fingerprint density at radius 2 is 1.34 bits per heavy atom. The van der Waals surface area contributed by atoms with Gasteiger partial charge < -0.3 is 41.8 Å². The zero-order chi connectivity index (χ0) is 36.2. The monoisotopic (exact) mass is 662 g/mol. The highest BCUT2D eigenvalue weighted by molar-refractivity contribution is 5.98. The Morgan fingerprint density at radius 3 is 1.87 bits per heavy atom. The molecule has 7 N–H and O–H groups in total. The Labute approximate surface area is 275 Å². The summed E-state index contributed by atoms with van der Waals surface area (Å²) in [4.78, 5) is 88.4. The summed E-state index contributed by atoms with van der Waals surface area (Å²) in [7, 11) is 0. The summed E-state index contributed by atoms with van der Waals surface area (Å²) in [6.45, 7) is 13.5. The topological polar surface area (TPSA) is 224 Å². The number of rotatable bonds is 16. The van der Waals surface area contributed by atoms with Crippen LogP contribution in [-0.2, 0) is 44.8 Å². The molecule has 0 aliphatic rings. The van der Waals surface area contributed by atoms with Crippen LogP contribution in [0, 0.1) is 5.92 Å². The van der Waals surface area contributed by atoms with Gasteiger partial charge in [-0.05, 0) is 66.4 Å². The number of carbonyl (C=O) groups is 7. The first-order valence-corrected chi connectivity index (χ1v) is 15.2. The predicted octanol–water partition coefficient (Wildman–Crippen LogP) is 0.935. The maximum atomic E-state index is 13.3. The first kappa shape index (κ1) is 40.3. The Bertz CT molecular complexity index is 1290. The summed E-state index contributed by atoms with van der Waals surface area (Å²) in [5.41, 5.74) is 2.06. The molecule has 0 saturated carbocycles. The second-order valence-corrected chi connectivity index (χ2v) is 13.5. The third kappa shape index (κ3) is 15.0. The molecule has 0 unspecified atom stereocenters. The standard InChI is InChI=1S/C32H50N6O9/c1-19(2)24(26(42)38-31(6,7)27(43)34-17-23(40)46-18-20-13-11-10-12-14-20)36-28(44)32(8,9)37-25(41)21(15-16-22(33)39)35-29(45)47-30(3,4)5/h10-14,19,21,24H,15-18H2,1-9H3,(H2,33,39)(H,34,43)(H,35,45)(H,36,44)(H,37,41)(H,38,42)/t21-,24-/m0/s1. The lowest BCUT2D eigenvalue weighted by Gasteiger charge is -2.33. The molecule has 1 aromatic carbocycles. The summed E-state index contributed by atoms with van der Waals surface area (Å²) in [6.07, 6.45) is -1.29. The Kier molecular flexibility index (Phi) is 14.8. The number of benzene rings is 1. The van der Waals surface area contributed by atoms with Crippen LogP contribution in [-0.4, -0.2) is 76.9 Å². The molecular formula is C32H50N6O9. The highest BCUT2D eigenvalue weighted by atomic mass is 16.6. The van der Waals surface area contributed by atoms with Crippen molar-refractivity contribution in [1.82, 2.24) is 26.6 Å². The zero-order valence-corrected chi connectivity index (χ0v) is 28.7. The number of amides is 6. The van der Waals surface area contributed by atoms with Crippen LogP contribution in [0.5, 0.6) is 0 Å². The van der Waals surface area contributed by atoms with Crippen LogP contribution in [0.25, 0.3) is 0 Å². The molecule has 0 aliphatic heterocycles. The van der Waals surface area contributed by atoms with Crippen LogP contribution in [0.3, 0.4) is 0 Å². The molecule has 1 aromatic rings. The molecule has 0 saturated heterocycles. The maximum absolute atomic E-state index is 13.3. The minimum atomic E-state index is -1.60. The molecule has 0 spiro atoms. The Balaban J connectivity index is 2.86. The fourth-order valence-electron chi connectivity index (χ4n) is 3.92. The maximum Gasteiger partial charge on any atom is 0.408 e. The largest absolute Gasteiger partial charge is 0.460 e. The van der Waals surface area contributed by atoms with E-state index in [0.717, 1.165) is 5.56 Å². The van der Waals surface area contributed by atoms with E-state index >= 15 is 0 Å². The van der Waals surface area contributed by atoms with E-state index in [2.05, 4.69) is 26.6 Å². The number of esters is 1. The molecule has 0 bridgehead atoms. The minimum absolute atomic E-state index is 0.0382. The number of hydrogen-bond acceptors (Lipinski definition) is 9. The van der Waals surface area contributed by atoms with Crippen molar-refractivity contribution >= 4 is 41.6 Å². The lowest BCUT2D eigenvalue weighted by atomic mass is 9.97. The highest BCUT2D eigenvalue weighted by Gasteiger charge is 2.38. The second kappa shape index (κ2) is 17.3. The molecule has 0 aromatic heterocycles. The van der Waals surface area contributed by atoms with Crippen molar-refractivity contribution in [2.45, 2.75) is 111 Å². The van der Waals surface area contributed by atoms with Crippen LogP contribution in [0.2, 0.25) is 0 Å². The van der Waals surface area contributed by atoms with E-state index in [1.54, 1.807) is 58.9 Å². The van der Waals surface area contributed by atoms with Crippen molar-refractivity contribution in [2.24, 2.45) is 11.7 Å². The van der Waals surface area contributed by atoms with Gasteiger partial charge in [0, 0.05) is 6.42 Å². The summed E-state index contributed by atoms with van der Waals surface area (Å²) in [6, 6.07) is 6.62. The summed E-state index contributed by atoms with van der Waals surface area (Å²) >= 11 is 0. The molecule has 6 amide bonds. The van der Waals surface area contributed by atoms with Gasteiger partial charge in [0.15, 0.2) is 0 Å². The third-order valence-corrected chi connectivity index (χ3v) is 6.57. The van der Waals surface area contributed by atoms with Gasteiger partial charge in [-0.2, -0.15) is 0 Å². The normalized spacial score (nSPS) is 13.0.